The van der Waals surface area contributed by atoms with E-state index in [0.717, 1.165) is 5.56 Å². The third-order valence-electron chi connectivity index (χ3n) is 1.78. The molecule has 0 nitrogen and oxygen atoms in total. The van der Waals surface area contributed by atoms with Crippen molar-refractivity contribution in [2.45, 2.75) is 19.8 Å². The zero-order valence-electron chi connectivity index (χ0n) is 7.17. The lowest BCUT2D eigenvalue weighted by atomic mass is 10.0. The second-order valence-corrected chi connectivity index (χ2v) is 4.06. The van der Waals surface area contributed by atoms with Crippen molar-refractivity contribution in [3.63, 3.8) is 0 Å². The molecule has 0 radical (unpaired) electrons. The van der Waals surface area contributed by atoms with Crippen LogP contribution < -0.4 is 0 Å². The van der Waals surface area contributed by atoms with E-state index >= 15 is 0 Å². The van der Waals surface area contributed by atoms with Gasteiger partial charge in [0, 0.05) is 5.56 Å². The summed E-state index contributed by atoms with van der Waals surface area (Å²) in [7, 11) is 0. The monoisotopic (exact) mass is 198 g/mol. The minimum atomic E-state index is 0.442. The fraction of sp³-hybridized carbons (Fsp3) is 0.300. The maximum absolute atomic E-state index is 5.71. The van der Waals surface area contributed by atoms with Gasteiger partial charge in [0.05, 0.1) is 0 Å². The third-order valence-corrected chi connectivity index (χ3v) is 2.23. The largest absolute Gasteiger partial charge is 0.111 e. The Morgan fingerprint density at radius 1 is 1.42 bits per heavy atom. The van der Waals surface area contributed by atoms with Crippen molar-refractivity contribution in [1.29, 1.82) is 0 Å². The Balaban J connectivity index is 3.04. The van der Waals surface area contributed by atoms with E-state index in [1.807, 2.05) is 18.2 Å². The van der Waals surface area contributed by atoms with E-state index in [-0.39, 0.29) is 0 Å². The molecule has 1 rings (SSSR count). The van der Waals surface area contributed by atoms with Crippen molar-refractivity contribution in [1.82, 2.24) is 0 Å². The molecule has 64 valence electrons. The minimum Gasteiger partial charge on any atom is -0.0709 e. The van der Waals surface area contributed by atoms with Gasteiger partial charge in [0.15, 0.2) is 0 Å². The van der Waals surface area contributed by atoms with E-state index in [1.165, 1.54) is 5.56 Å². The molecule has 0 amide bonds. The molecule has 1 aromatic rings. The summed E-state index contributed by atoms with van der Waals surface area (Å²) in [6, 6.07) is 8.05. The molecule has 2 heteroatoms. The Kier molecular flexibility index (Phi) is 3.24. The highest BCUT2D eigenvalue weighted by atomic mass is 35.5. The molecule has 0 unspecified atom stereocenters. The van der Waals surface area contributed by atoms with Gasteiger partial charge >= 0.3 is 0 Å². The fourth-order valence-electron chi connectivity index (χ4n) is 1.02. The van der Waals surface area contributed by atoms with Gasteiger partial charge in [-0.15, -0.1) is 0 Å². The van der Waals surface area contributed by atoms with Crippen molar-refractivity contribution in [2.75, 3.05) is 0 Å². The lowest BCUT2D eigenvalue weighted by Crippen LogP contribution is -1.91. The molecule has 0 heterocycles. The molecule has 0 saturated carbocycles. The second kappa shape index (κ2) is 4.01. The Bertz CT molecular complexity index is 292. The summed E-state index contributed by atoms with van der Waals surface area (Å²) in [5.74, 6) is 0.524. The first kappa shape index (κ1) is 9.69. The standard InChI is InChI=1S/C10H11ClS/c1-7(2)8-4-3-5-9(6-8)10(11)12/h3-7H,1-2H3. The summed E-state index contributed by atoms with van der Waals surface area (Å²) in [5, 5.41) is 0. The van der Waals surface area contributed by atoms with E-state index in [1.54, 1.807) is 0 Å². The van der Waals surface area contributed by atoms with Crippen LogP contribution in [0.3, 0.4) is 0 Å². The highest BCUT2D eigenvalue weighted by Crippen LogP contribution is 2.16. The van der Waals surface area contributed by atoms with E-state index in [2.05, 4.69) is 19.9 Å². The predicted octanol–water partition coefficient (Wildman–Crippen LogP) is 3.72. The lowest BCUT2D eigenvalue weighted by molar-refractivity contribution is 0.866. The molecule has 0 atom stereocenters. The zero-order chi connectivity index (χ0) is 9.14. The normalized spacial score (nSPS) is 10.3. The van der Waals surface area contributed by atoms with Crippen LogP contribution in [0.15, 0.2) is 24.3 Å². The number of thiocarbonyl (C=S) groups is 1. The van der Waals surface area contributed by atoms with Gasteiger partial charge in [-0.1, -0.05) is 55.9 Å². The van der Waals surface area contributed by atoms with E-state index in [0.29, 0.717) is 10.2 Å². The summed E-state index contributed by atoms with van der Waals surface area (Å²) in [5.41, 5.74) is 2.22. The molecule has 1 aromatic carbocycles. The average molecular weight is 199 g/mol. The van der Waals surface area contributed by atoms with Crippen LogP contribution in [0.25, 0.3) is 0 Å². The first-order valence-electron chi connectivity index (χ1n) is 3.91. The van der Waals surface area contributed by atoms with Gasteiger partial charge in [0.1, 0.15) is 4.32 Å². The van der Waals surface area contributed by atoms with Crippen molar-refractivity contribution < 1.29 is 0 Å². The van der Waals surface area contributed by atoms with Gasteiger partial charge in [-0.2, -0.15) is 0 Å². The summed E-state index contributed by atoms with van der Waals surface area (Å²) in [4.78, 5) is 0. The zero-order valence-corrected chi connectivity index (χ0v) is 8.75. The van der Waals surface area contributed by atoms with Crippen LogP contribution in [0.5, 0.6) is 0 Å². The summed E-state index contributed by atoms with van der Waals surface area (Å²) in [6.45, 7) is 4.30. The van der Waals surface area contributed by atoms with Crippen LogP contribution in [0.2, 0.25) is 0 Å². The van der Waals surface area contributed by atoms with Crippen LogP contribution in [0.1, 0.15) is 30.9 Å². The number of halogens is 1. The van der Waals surface area contributed by atoms with Gasteiger partial charge in [0.25, 0.3) is 0 Å². The molecule has 0 aliphatic rings. The van der Waals surface area contributed by atoms with Gasteiger partial charge in [-0.05, 0) is 17.5 Å². The fourth-order valence-corrected chi connectivity index (χ4v) is 1.26. The van der Waals surface area contributed by atoms with Gasteiger partial charge < -0.3 is 0 Å². The van der Waals surface area contributed by atoms with E-state index < -0.39 is 0 Å². The number of hydrogen-bond acceptors (Lipinski definition) is 1. The Morgan fingerprint density at radius 2 is 2.08 bits per heavy atom. The Labute approximate surface area is 83.6 Å². The van der Waals surface area contributed by atoms with Gasteiger partial charge in [-0.3, -0.25) is 0 Å². The quantitative estimate of drug-likeness (QED) is 0.516. The van der Waals surface area contributed by atoms with Crippen molar-refractivity contribution >= 4 is 28.1 Å². The summed E-state index contributed by atoms with van der Waals surface area (Å²) in [6.07, 6.45) is 0. The van der Waals surface area contributed by atoms with Crippen molar-refractivity contribution in [2.24, 2.45) is 0 Å². The Hall–Kier alpha value is -0.400. The molecule has 12 heavy (non-hydrogen) atoms. The lowest BCUT2D eigenvalue weighted by Gasteiger charge is -2.05. The SMILES string of the molecule is CC(C)c1cccc(C(=S)Cl)c1. The first-order chi connectivity index (χ1) is 5.61. The Morgan fingerprint density at radius 3 is 2.58 bits per heavy atom. The van der Waals surface area contributed by atoms with Crippen molar-refractivity contribution in [3.05, 3.63) is 35.4 Å². The highest BCUT2D eigenvalue weighted by Gasteiger charge is 2.01. The van der Waals surface area contributed by atoms with Crippen LogP contribution in [0.4, 0.5) is 0 Å². The van der Waals surface area contributed by atoms with Crippen LogP contribution in [-0.2, 0) is 0 Å². The molecular formula is C10H11ClS. The average Bonchev–Trinajstić information content (AvgIpc) is 2.04. The summed E-state index contributed by atoms with van der Waals surface area (Å²) < 4.78 is 0.442. The smallest absolute Gasteiger partial charge is 0.0709 e. The molecule has 0 saturated heterocycles. The number of hydrogen-bond donors (Lipinski definition) is 0. The van der Waals surface area contributed by atoms with Crippen LogP contribution >= 0.6 is 23.8 Å². The van der Waals surface area contributed by atoms with Crippen molar-refractivity contribution in [3.8, 4) is 0 Å². The van der Waals surface area contributed by atoms with E-state index in [9.17, 15) is 0 Å². The third kappa shape index (κ3) is 2.29. The van der Waals surface area contributed by atoms with E-state index in [4.69, 9.17) is 23.8 Å². The molecular weight excluding hydrogens is 188 g/mol. The number of benzene rings is 1. The predicted molar refractivity (Wildman–Crippen MR) is 58.1 cm³/mol. The molecule has 0 aliphatic heterocycles. The molecule has 0 aliphatic carbocycles. The summed E-state index contributed by atoms with van der Waals surface area (Å²) >= 11 is 10.6. The maximum Gasteiger partial charge on any atom is 0.111 e. The molecule has 0 N–H and O–H groups in total. The minimum absolute atomic E-state index is 0.442. The molecule has 0 aromatic heterocycles. The molecule has 0 fully saturated rings. The first-order valence-corrected chi connectivity index (χ1v) is 4.69. The molecule has 0 spiro atoms. The topological polar surface area (TPSA) is 0 Å². The van der Waals surface area contributed by atoms with Gasteiger partial charge in [-0.25, -0.2) is 0 Å². The second-order valence-electron chi connectivity index (χ2n) is 3.05. The molecule has 0 bridgehead atoms. The maximum atomic E-state index is 5.71. The van der Waals surface area contributed by atoms with Crippen LogP contribution in [-0.4, -0.2) is 4.32 Å². The van der Waals surface area contributed by atoms with Crippen LogP contribution in [0, 0.1) is 0 Å². The highest BCUT2D eigenvalue weighted by molar-refractivity contribution is 7.83. The number of rotatable bonds is 2. The van der Waals surface area contributed by atoms with Gasteiger partial charge in [0.2, 0.25) is 0 Å².